The minimum atomic E-state index is -1.45. The average molecular weight is 328 g/mol. The number of unbranched alkanes of at least 4 members (excludes halogenated alkanes) is 3. The van der Waals surface area contributed by atoms with Crippen LogP contribution in [-0.2, 0) is 14.3 Å². The molecule has 6 heteroatoms. The van der Waals surface area contributed by atoms with Crippen LogP contribution in [0.2, 0.25) is 0 Å². The van der Waals surface area contributed by atoms with Crippen LogP contribution in [-0.4, -0.2) is 72.2 Å². The van der Waals surface area contributed by atoms with Crippen molar-refractivity contribution in [2.24, 2.45) is 0 Å². The average Bonchev–Trinajstić information content (AvgIpc) is 2.76. The van der Waals surface area contributed by atoms with E-state index in [2.05, 4.69) is 11.8 Å². The summed E-state index contributed by atoms with van der Waals surface area (Å²) in [6.07, 6.45) is 5.32. The van der Waals surface area contributed by atoms with Crippen molar-refractivity contribution in [3.05, 3.63) is 0 Å². The maximum Gasteiger partial charge on any atom is 0.339 e. The molecule has 1 aliphatic heterocycles. The van der Waals surface area contributed by atoms with Crippen molar-refractivity contribution >= 4 is 11.9 Å². The highest BCUT2D eigenvalue weighted by Gasteiger charge is 2.38. The first-order chi connectivity index (χ1) is 10.9. The van der Waals surface area contributed by atoms with Gasteiger partial charge in [0.1, 0.15) is 0 Å². The van der Waals surface area contributed by atoms with Gasteiger partial charge in [-0.05, 0) is 19.3 Å². The summed E-state index contributed by atoms with van der Waals surface area (Å²) in [5.41, 5.74) is -1.45. The molecule has 0 aromatic heterocycles. The van der Waals surface area contributed by atoms with Crippen molar-refractivity contribution in [1.82, 2.24) is 9.80 Å². The van der Waals surface area contributed by atoms with E-state index in [1.165, 1.54) is 7.11 Å². The van der Waals surface area contributed by atoms with Gasteiger partial charge in [0.2, 0.25) is 5.91 Å². The van der Waals surface area contributed by atoms with Gasteiger partial charge >= 0.3 is 5.97 Å². The molecule has 23 heavy (non-hydrogen) atoms. The van der Waals surface area contributed by atoms with Gasteiger partial charge in [-0.3, -0.25) is 9.69 Å². The smallest absolute Gasteiger partial charge is 0.339 e. The molecule has 0 spiro atoms. The minimum Gasteiger partial charge on any atom is -0.467 e. The Bertz CT molecular complexity index is 389. The summed E-state index contributed by atoms with van der Waals surface area (Å²) < 4.78 is 4.82. The third kappa shape index (κ3) is 6.47. The summed E-state index contributed by atoms with van der Waals surface area (Å²) in [6.45, 7) is 6.81. The van der Waals surface area contributed by atoms with Gasteiger partial charge in [-0.1, -0.05) is 26.2 Å². The molecule has 134 valence electrons. The molecule has 1 heterocycles. The van der Waals surface area contributed by atoms with E-state index in [1.54, 1.807) is 6.92 Å². The Kier molecular flexibility index (Phi) is 8.55. The number of ether oxygens (including phenoxy) is 1. The Morgan fingerprint density at radius 2 is 1.87 bits per heavy atom. The van der Waals surface area contributed by atoms with Gasteiger partial charge in [-0.2, -0.15) is 0 Å². The van der Waals surface area contributed by atoms with Gasteiger partial charge in [0, 0.05) is 39.6 Å². The number of aliphatic hydroxyl groups is 1. The maximum absolute atomic E-state index is 12.1. The molecule has 0 unspecified atom stereocenters. The summed E-state index contributed by atoms with van der Waals surface area (Å²) in [7, 11) is 1.32. The molecule has 0 aromatic rings. The largest absolute Gasteiger partial charge is 0.467 e. The van der Waals surface area contributed by atoms with Crippen molar-refractivity contribution in [2.75, 3.05) is 39.8 Å². The molecule has 1 aliphatic rings. The van der Waals surface area contributed by atoms with Crippen molar-refractivity contribution in [3.8, 4) is 0 Å². The van der Waals surface area contributed by atoms with Crippen molar-refractivity contribution < 1.29 is 19.4 Å². The quantitative estimate of drug-likeness (QED) is 0.539. The lowest BCUT2D eigenvalue weighted by atomic mass is 9.95. The number of esters is 1. The van der Waals surface area contributed by atoms with E-state index in [9.17, 15) is 14.7 Å². The minimum absolute atomic E-state index is 0.0784. The van der Waals surface area contributed by atoms with Crippen LogP contribution in [0, 0.1) is 0 Å². The number of carbonyl (C=O) groups excluding carboxylic acids is 2. The van der Waals surface area contributed by atoms with E-state index in [0.29, 0.717) is 19.5 Å². The first-order valence-electron chi connectivity index (χ1n) is 8.71. The maximum atomic E-state index is 12.1. The van der Waals surface area contributed by atoms with Crippen molar-refractivity contribution in [3.63, 3.8) is 0 Å². The van der Waals surface area contributed by atoms with Gasteiger partial charge in [-0.15, -0.1) is 0 Å². The van der Waals surface area contributed by atoms with Crippen LogP contribution in [0.1, 0.15) is 52.4 Å². The zero-order valence-corrected chi connectivity index (χ0v) is 14.8. The monoisotopic (exact) mass is 328 g/mol. The topological polar surface area (TPSA) is 70.1 Å². The number of carbonyl (C=O) groups is 2. The van der Waals surface area contributed by atoms with Gasteiger partial charge in [-0.25, -0.2) is 4.79 Å². The Hall–Kier alpha value is -1.14. The second-order valence-corrected chi connectivity index (χ2v) is 6.47. The van der Waals surface area contributed by atoms with E-state index >= 15 is 0 Å². The molecule has 1 saturated heterocycles. The summed E-state index contributed by atoms with van der Waals surface area (Å²) in [5.74, 6) is -0.476. The first kappa shape index (κ1) is 19.9. The summed E-state index contributed by atoms with van der Waals surface area (Å²) in [4.78, 5) is 27.4. The Labute approximate surface area is 139 Å². The molecule has 1 N–H and O–H groups in total. The van der Waals surface area contributed by atoms with Gasteiger partial charge in [0.25, 0.3) is 0 Å². The zero-order chi connectivity index (χ0) is 17.3. The lowest BCUT2D eigenvalue weighted by molar-refractivity contribution is -0.165. The number of hydrogen-bond acceptors (Lipinski definition) is 5. The van der Waals surface area contributed by atoms with E-state index < -0.39 is 11.6 Å². The molecule has 0 aliphatic carbocycles. The molecular weight excluding hydrogens is 296 g/mol. The van der Waals surface area contributed by atoms with Gasteiger partial charge in [0.05, 0.1) is 7.11 Å². The summed E-state index contributed by atoms with van der Waals surface area (Å²) >= 11 is 0. The third-order valence-corrected chi connectivity index (χ3v) is 4.53. The summed E-state index contributed by atoms with van der Waals surface area (Å²) in [5, 5.41) is 10.8. The number of rotatable bonds is 8. The lowest BCUT2D eigenvalue weighted by Gasteiger charge is -2.31. The van der Waals surface area contributed by atoms with Crippen LogP contribution in [0.5, 0.6) is 0 Å². The van der Waals surface area contributed by atoms with E-state index in [-0.39, 0.29) is 12.5 Å². The molecule has 1 fully saturated rings. The number of methoxy groups -OCH3 is 1. The van der Waals surface area contributed by atoms with Gasteiger partial charge < -0.3 is 14.7 Å². The highest BCUT2D eigenvalue weighted by atomic mass is 16.5. The number of hydrogen-bond donors (Lipinski definition) is 1. The SMILES string of the molecule is CCCCCC[C@@](O)(CN1CCCN(C(C)=O)CC1)C(=O)OC. The normalized spacial score (nSPS) is 19.0. The molecular formula is C17H32N2O4. The highest BCUT2D eigenvalue weighted by Crippen LogP contribution is 2.20. The number of β-amino-alcohol motifs (C(OH)–C–C–N with tert-alkyl or cyclic N) is 1. The zero-order valence-electron chi connectivity index (χ0n) is 14.8. The number of nitrogens with zero attached hydrogens (tertiary/aromatic N) is 2. The van der Waals surface area contributed by atoms with Crippen LogP contribution < -0.4 is 0 Å². The predicted octanol–water partition coefficient (Wildman–Crippen LogP) is 1.42. The number of amides is 1. The molecule has 0 saturated carbocycles. The highest BCUT2D eigenvalue weighted by molar-refractivity contribution is 5.79. The summed E-state index contributed by atoms with van der Waals surface area (Å²) in [6, 6.07) is 0. The molecule has 1 amide bonds. The van der Waals surface area contributed by atoms with Crippen LogP contribution in [0.15, 0.2) is 0 Å². The Morgan fingerprint density at radius 3 is 2.48 bits per heavy atom. The second-order valence-electron chi connectivity index (χ2n) is 6.47. The fourth-order valence-electron chi connectivity index (χ4n) is 3.09. The molecule has 6 nitrogen and oxygen atoms in total. The molecule has 0 aromatic carbocycles. The van der Waals surface area contributed by atoms with Crippen molar-refractivity contribution in [1.29, 1.82) is 0 Å². The first-order valence-corrected chi connectivity index (χ1v) is 8.71. The second kappa shape index (κ2) is 9.88. The van der Waals surface area contributed by atoms with Crippen LogP contribution >= 0.6 is 0 Å². The predicted molar refractivity (Wildman–Crippen MR) is 89.0 cm³/mol. The van der Waals surface area contributed by atoms with E-state index in [1.807, 2.05) is 4.90 Å². The fraction of sp³-hybridized carbons (Fsp3) is 0.882. The molecule has 1 rings (SSSR count). The molecule has 0 bridgehead atoms. The van der Waals surface area contributed by atoms with E-state index in [0.717, 1.165) is 45.2 Å². The van der Waals surface area contributed by atoms with E-state index in [4.69, 9.17) is 4.74 Å². The molecule has 1 atom stereocenters. The van der Waals surface area contributed by atoms with Crippen LogP contribution in [0.25, 0.3) is 0 Å². The third-order valence-electron chi connectivity index (χ3n) is 4.53. The Balaban J connectivity index is 2.61. The molecule has 0 radical (unpaired) electrons. The Morgan fingerprint density at radius 1 is 1.13 bits per heavy atom. The van der Waals surface area contributed by atoms with Crippen molar-refractivity contribution in [2.45, 2.75) is 58.0 Å². The standard InChI is InChI=1S/C17H32N2O4/c1-4-5-6-7-9-17(22,16(21)23-3)14-18-10-8-11-19(13-12-18)15(2)20/h22H,4-14H2,1-3H3/t17-/m1/s1. The van der Waals surface area contributed by atoms with Crippen LogP contribution in [0.4, 0.5) is 0 Å². The fourth-order valence-corrected chi connectivity index (χ4v) is 3.09. The lowest BCUT2D eigenvalue weighted by Crippen LogP contribution is -2.50. The van der Waals surface area contributed by atoms with Gasteiger partial charge in [0.15, 0.2) is 5.60 Å². The van der Waals surface area contributed by atoms with Crippen LogP contribution in [0.3, 0.4) is 0 Å².